The Bertz CT molecular complexity index is 620. The minimum Gasteiger partial charge on any atom is -0.496 e. The number of rotatable bonds is 6. The fraction of sp³-hybridized carbons (Fsp3) is 0.316. The number of hydrogen-bond acceptors (Lipinski definition) is 2. The van der Waals surface area contributed by atoms with Crippen LogP contribution in [0.1, 0.15) is 25.0 Å². The van der Waals surface area contributed by atoms with Crippen LogP contribution in [0, 0.1) is 0 Å². The van der Waals surface area contributed by atoms with Gasteiger partial charge in [0.15, 0.2) is 0 Å². The number of methoxy groups -OCH3 is 1. The maximum absolute atomic E-state index is 12.5. The van der Waals surface area contributed by atoms with E-state index in [2.05, 4.69) is 5.32 Å². The molecule has 0 saturated heterocycles. The smallest absolute Gasteiger partial charge is 0.230 e. The van der Waals surface area contributed by atoms with E-state index in [-0.39, 0.29) is 5.91 Å². The van der Waals surface area contributed by atoms with Gasteiger partial charge in [-0.25, -0.2) is 0 Å². The normalized spacial score (nSPS) is 11.0. The summed E-state index contributed by atoms with van der Waals surface area (Å²) in [7, 11) is 1.66. The molecule has 0 radical (unpaired) electrons. The first-order valence-electron chi connectivity index (χ1n) is 7.51. The molecule has 0 aromatic heterocycles. The Labute approximate surface area is 132 Å². The average Bonchev–Trinajstić information content (AvgIpc) is 2.56. The van der Waals surface area contributed by atoms with Gasteiger partial charge in [0.05, 0.1) is 12.5 Å². The monoisotopic (exact) mass is 297 g/mol. The first-order valence-corrected chi connectivity index (χ1v) is 7.51. The summed E-state index contributed by atoms with van der Waals surface area (Å²) in [5, 5.41) is 3.03. The summed E-state index contributed by atoms with van der Waals surface area (Å²) in [6.07, 6.45) is 0.751. The van der Waals surface area contributed by atoms with Crippen LogP contribution in [0.15, 0.2) is 54.6 Å². The molecular formula is C19H23NO2. The lowest BCUT2D eigenvalue weighted by Gasteiger charge is -2.24. The van der Waals surface area contributed by atoms with Gasteiger partial charge in [0.25, 0.3) is 0 Å². The molecule has 1 N–H and O–H groups in total. The molecule has 0 saturated carbocycles. The standard InChI is InChI=1S/C19H23NO2/c1-19(2,16-10-5-4-6-11-16)18(21)20-14-13-15-9-7-8-12-17(15)22-3/h4-12H,13-14H2,1-3H3,(H,20,21). The van der Waals surface area contributed by atoms with Crippen LogP contribution >= 0.6 is 0 Å². The molecule has 0 spiro atoms. The van der Waals surface area contributed by atoms with E-state index in [9.17, 15) is 4.79 Å². The highest BCUT2D eigenvalue weighted by Gasteiger charge is 2.29. The minimum absolute atomic E-state index is 0.0357. The summed E-state index contributed by atoms with van der Waals surface area (Å²) in [5.74, 6) is 0.896. The lowest BCUT2D eigenvalue weighted by Crippen LogP contribution is -2.40. The van der Waals surface area contributed by atoms with E-state index in [0.717, 1.165) is 23.3 Å². The summed E-state index contributed by atoms with van der Waals surface area (Å²) < 4.78 is 5.33. The molecule has 0 atom stereocenters. The predicted octanol–water partition coefficient (Wildman–Crippen LogP) is 3.33. The van der Waals surface area contributed by atoms with Crippen molar-refractivity contribution in [3.8, 4) is 5.75 Å². The number of hydrogen-bond donors (Lipinski definition) is 1. The zero-order valence-electron chi connectivity index (χ0n) is 13.4. The third-order valence-electron chi connectivity index (χ3n) is 3.94. The van der Waals surface area contributed by atoms with Crippen LogP contribution in [0.5, 0.6) is 5.75 Å². The minimum atomic E-state index is -0.540. The number of nitrogens with one attached hydrogen (secondary N) is 1. The van der Waals surface area contributed by atoms with Gasteiger partial charge in [-0.2, -0.15) is 0 Å². The molecule has 116 valence electrons. The molecule has 0 fully saturated rings. The van der Waals surface area contributed by atoms with Gasteiger partial charge in [0, 0.05) is 6.54 Å². The number of ether oxygens (including phenoxy) is 1. The number of para-hydroxylation sites is 1. The molecule has 0 bridgehead atoms. The molecule has 3 nitrogen and oxygen atoms in total. The Morgan fingerprint density at radius 1 is 1.05 bits per heavy atom. The Hall–Kier alpha value is -2.29. The third-order valence-corrected chi connectivity index (χ3v) is 3.94. The summed E-state index contributed by atoms with van der Waals surface area (Å²) >= 11 is 0. The van der Waals surface area contributed by atoms with Gasteiger partial charge in [0.1, 0.15) is 5.75 Å². The summed E-state index contributed by atoms with van der Waals surface area (Å²) in [6.45, 7) is 4.48. The Morgan fingerprint density at radius 3 is 2.36 bits per heavy atom. The summed E-state index contributed by atoms with van der Waals surface area (Å²) in [4.78, 5) is 12.5. The van der Waals surface area contributed by atoms with Crippen LogP contribution in [-0.2, 0) is 16.6 Å². The summed E-state index contributed by atoms with van der Waals surface area (Å²) in [6, 6.07) is 17.7. The van der Waals surface area contributed by atoms with Crippen LogP contribution in [0.4, 0.5) is 0 Å². The average molecular weight is 297 g/mol. The van der Waals surface area contributed by atoms with Gasteiger partial charge >= 0.3 is 0 Å². The number of amides is 1. The van der Waals surface area contributed by atoms with E-state index in [1.165, 1.54) is 0 Å². The van der Waals surface area contributed by atoms with Crippen LogP contribution in [0.25, 0.3) is 0 Å². The second-order valence-electron chi connectivity index (χ2n) is 5.81. The topological polar surface area (TPSA) is 38.3 Å². The highest BCUT2D eigenvalue weighted by Crippen LogP contribution is 2.23. The zero-order chi connectivity index (χ0) is 16.0. The molecule has 2 aromatic rings. The van der Waals surface area contributed by atoms with E-state index in [1.807, 2.05) is 68.4 Å². The predicted molar refractivity (Wildman–Crippen MR) is 89.2 cm³/mol. The van der Waals surface area contributed by atoms with Crippen molar-refractivity contribution in [2.24, 2.45) is 0 Å². The van der Waals surface area contributed by atoms with E-state index in [1.54, 1.807) is 7.11 Å². The number of carbonyl (C=O) groups excluding carboxylic acids is 1. The molecule has 0 heterocycles. The Kier molecular flexibility index (Phi) is 5.21. The van der Waals surface area contributed by atoms with Crippen molar-refractivity contribution in [2.75, 3.05) is 13.7 Å². The van der Waals surface area contributed by atoms with E-state index < -0.39 is 5.41 Å². The molecule has 2 aromatic carbocycles. The van der Waals surface area contributed by atoms with Crippen molar-refractivity contribution in [2.45, 2.75) is 25.7 Å². The number of benzene rings is 2. The zero-order valence-corrected chi connectivity index (χ0v) is 13.4. The van der Waals surface area contributed by atoms with Crippen molar-refractivity contribution in [3.05, 3.63) is 65.7 Å². The molecule has 0 aliphatic heterocycles. The highest BCUT2D eigenvalue weighted by molar-refractivity contribution is 5.87. The van der Waals surface area contributed by atoms with Crippen molar-refractivity contribution in [3.63, 3.8) is 0 Å². The molecule has 2 rings (SSSR count). The maximum atomic E-state index is 12.5. The lowest BCUT2D eigenvalue weighted by atomic mass is 9.84. The molecule has 1 amide bonds. The van der Waals surface area contributed by atoms with Crippen LogP contribution in [0.3, 0.4) is 0 Å². The maximum Gasteiger partial charge on any atom is 0.230 e. The van der Waals surface area contributed by atoms with Gasteiger partial charge in [-0.15, -0.1) is 0 Å². The Morgan fingerprint density at radius 2 is 1.68 bits per heavy atom. The van der Waals surface area contributed by atoms with Crippen LogP contribution < -0.4 is 10.1 Å². The second-order valence-corrected chi connectivity index (χ2v) is 5.81. The van der Waals surface area contributed by atoms with Crippen molar-refractivity contribution >= 4 is 5.91 Å². The SMILES string of the molecule is COc1ccccc1CCNC(=O)C(C)(C)c1ccccc1. The van der Waals surface area contributed by atoms with Crippen LogP contribution in [-0.4, -0.2) is 19.6 Å². The van der Waals surface area contributed by atoms with Crippen molar-refractivity contribution in [1.82, 2.24) is 5.32 Å². The second kappa shape index (κ2) is 7.12. The van der Waals surface area contributed by atoms with E-state index in [4.69, 9.17) is 4.74 Å². The molecule has 0 aliphatic rings. The van der Waals surface area contributed by atoms with Crippen molar-refractivity contribution in [1.29, 1.82) is 0 Å². The Balaban J connectivity index is 1.95. The van der Waals surface area contributed by atoms with Gasteiger partial charge in [-0.3, -0.25) is 4.79 Å². The fourth-order valence-electron chi connectivity index (χ4n) is 2.43. The largest absolute Gasteiger partial charge is 0.496 e. The van der Waals surface area contributed by atoms with E-state index in [0.29, 0.717) is 6.54 Å². The highest BCUT2D eigenvalue weighted by atomic mass is 16.5. The lowest BCUT2D eigenvalue weighted by molar-refractivity contribution is -0.125. The molecule has 0 unspecified atom stereocenters. The molecule has 22 heavy (non-hydrogen) atoms. The first kappa shape index (κ1) is 16.1. The molecular weight excluding hydrogens is 274 g/mol. The molecule has 0 aliphatic carbocycles. The third kappa shape index (κ3) is 3.67. The fourth-order valence-corrected chi connectivity index (χ4v) is 2.43. The van der Waals surface area contributed by atoms with E-state index >= 15 is 0 Å². The summed E-state index contributed by atoms with van der Waals surface area (Å²) in [5.41, 5.74) is 1.58. The number of carbonyl (C=O) groups is 1. The molecule has 3 heteroatoms. The van der Waals surface area contributed by atoms with Crippen molar-refractivity contribution < 1.29 is 9.53 Å². The van der Waals surface area contributed by atoms with Gasteiger partial charge < -0.3 is 10.1 Å². The van der Waals surface area contributed by atoms with Gasteiger partial charge in [-0.05, 0) is 37.5 Å². The van der Waals surface area contributed by atoms with Gasteiger partial charge in [-0.1, -0.05) is 48.5 Å². The quantitative estimate of drug-likeness (QED) is 0.888. The van der Waals surface area contributed by atoms with Gasteiger partial charge in [0.2, 0.25) is 5.91 Å². The first-order chi connectivity index (χ1) is 10.6. The van der Waals surface area contributed by atoms with Crippen LogP contribution in [0.2, 0.25) is 0 Å².